The zero-order valence-electron chi connectivity index (χ0n) is 22.2. The Labute approximate surface area is 256 Å². The van der Waals surface area contributed by atoms with E-state index in [2.05, 4.69) is 26.1 Å². The maximum Gasteiger partial charge on any atom is 0.301 e. The highest BCUT2D eigenvalue weighted by molar-refractivity contribution is 9.10. The van der Waals surface area contributed by atoms with Crippen LogP contribution in [0.5, 0.6) is 17.2 Å². The molecule has 4 aromatic rings. The van der Waals surface area contributed by atoms with Crippen LogP contribution in [0, 0.1) is 5.82 Å². The van der Waals surface area contributed by atoms with Crippen LogP contribution in [-0.4, -0.2) is 45.8 Å². The maximum atomic E-state index is 13.5. The quantitative estimate of drug-likeness (QED) is 0.0678. The number of phenolic OH excluding ortho intramolecular Hbond substituents is 1. The number of anilines is 1. The first-order chi connectivity index (χ1) is 20.2. The number of phenols is 1. The molecule has 42 heavy (non-hydrogen) atoms. The minimum absolute atomic E-state index is 0.0961. The van der Waals surface area contributed by atoms with Gasteiger partial charge in [0.1, 0.15) is 17.3 Å². The molecule has 1 aliphatic heterocycles. The molecule has 5 rings (SSSR count). The van der Waals surface area contributed by atoms with E-state index in [0.717, 1.165) is 16.9 Å². The van der Waals surface area contributed by atoms with Gasteiger partial charge in [0.25, 0.3) is 5.78 Å². The minimum atomic E-state index is -1.12. The fourth-order valence-corrected chi connectivity index (χ4v) is 6.65. The van der Waals surface area contributed by atoms with Gasteiger partial charge in [0, 0.05) is 11.3 Å². The number of methoxy groups -OCH3 is 1. The summed E-state index contributed by atoms with van der Waals surface area (Å²) in [5.41, 5.74) is 1.38. The monoisotopic (exact) mass is 671 g/mol. The number of Topliss-reactive ketones (excluding diaryl/α,β-unsaturated/α-hetero) is 1. The first-order valence-corrected chi connectivity index (χ1v) is 15.1. The van der Waals surface area contributed by atoms with Crippen molar-refractivity contribution in [3.63, 3.8) is 0 Å². The predicted octanol–water partition coefficient (Wildman–Crippen LogP) is 6.47. The summed E-state index contributed by atoms with van der Waals surface area (Å²) in [6, 6.07) is 14.5. The zero-order valence-corrected chi connectivity index (χ0v) is 25.4. The van der Waals surface area contributed by atoms with Gasteiger partial charge in [-0.2, -0.15) is 0 Å². The number of aromatic hydroxyl groups is 1. The number of rotatable bonds is 9. The molecule has 1 atom stereocenters. The molecule has 13 heteroatoms. The van der Waals surface area contributed by atoms with E-state index in [-0.39, 0.29) is 38.3 Å². The highest BCUT2D eigenvalue weighted by Crippen LogP contribution is 2.47. The molecule has 0 bridgehead atoms. The molecule has 1 saturated heterocycles. The number of aliphatic hydroxyl groups is 1. The second kappa shape index (κ2) is 12.5. The van der Waals surface area contributed by atoms with Crippen LogP contribution in [-0.2, 0) is 15.3 Å². The maximum absolute atomic E-state index is 13.5. The van der Waals surface area contributed by atoms with Crippen molar-refractivity contribution < 1.29 is 33.7 Å². The van der Waals surface area contributed by atoms with E-state index >= 15 is 0 Å². The summed E-state index contributed by atoms with van der Waals surface area (Å²) in [7, 11) is 1.37. The first kappa shape index (κ1) is 29.5. The number of halogens is 2. The zero-order chi connectivity index (χ0) is 30.0. The van der Waals surface area contributed by atoms with Crippen LogP contribution in [0.15, 0.2) is 75.0 Å². The number of ether oxygens (including phenoxy) is 2. The molecule has 0 radical (unpaired) electrons. The molecule has 1 unspecified atom stereocenters. The van der Waals surface area contributed by atoms with E-state index < -0.39 is 17.7 Å². The van der Waals surface area contributed by atoms with E-state index in [0.29, 0.717) is 33.6 Å². The van der Waals surface area contributed by atoms with Crippen LogP contribution in [0.1, 0.15) is 29.7 Å². The van der Waals surface area contributed by atoms with E-state index in [1.165, 1.54) is 48.0 Å². The number of amides is 1. The Morgan fingerprint density at radius 1 is 1.12 bits per heavy atom. The molecule has 216 valence electrons. The number of ketones is 1. The third-order valence-electron chi connectivity index (χ3n) is 6.35. The number of carbonyl (C=O) groups is 2. The van der Waals surface area contributed by atoms with Gasteiger partial charge in [-0.3, -0.25) is 14.5 Å². The van der Waals surface area contributed by atoms with Crippen LogP contribution >= 0.6 is 39.0 Å². The van der Waals surface area contributed by atoms with Crippen molar-refractivity contribution in [3.8, 4) is 17.2 Å². The van der Waals surface area contributed by atoms with Crippen LogP contribution in [0.25, 0.3) is 5.76 Å². The molecule has 1 aliphatic rings. The number of thioether (sulfide) groups is 1. The minimum Gasteiger partial charge on any atom is -0.507 e. The molecular weight excluding hydrogens is 649 g/mol. The standard InChI is InChI=1S/C29H23BrFN3O6S2/c1-3-40-19-10-6-16(7-11-19)24(35)22-23(17-12-20(30)25(36)21(13-17)39-2)34(27(38)26(22)37)28-32-33-29(42-28)41-14-15-4-8-18(31)9-5-15/h4-13,23,35-36H,3,14H2,1-2H3/b24-22-. The van der Waals surface area contributed by atoms with E-state index in [1.807, 2.05) is 6.92 Å². The molecule has 1 amide bonds. The van der Waals surface area contributed by atoms with Crippen LogP contribution in [0.4, 0.5) is 9.52 Å². The summed E-state index contributed by atoms with van der Waals surface area (Å²) in [5.74, 6) is -1.54. The smallest absolute Gasteiger partial charge is 0.301 e. The predicted molar refractivity (Wildman–Crippen MR) is 161 cm³/mol. The van der Waals surface area contributed by atoms with Gasteiger partial charge in [-0.25, -0.2) is 4.39 Å². The number of aliphatic hydroxyl groups excluding tert-OH is 1. The highest BCUT2D eigenvalue weighted by Gasteiger charge is 2.48. The fourth-order valence-electron chi connectivity index (χ4n) is 4.37. The third kappa shape index (κ3) is 5.85. The Kier molecular flexibility index (Phi) is 8.80. The molecule has 1 aromatic heterocycles. The molecule has 9 nitrogen and oxygen atoms in total. The first-order valence-electron chi connectivity index (χ1n) is 12.5. The number of carbonyl (C=O) groups excluding carboxylic acids is 2. The Balaban J connectivity index is 1.57. The van der Waals surface area contributed by atoms with Gasteiger partial charge < -0.3 is 19.7 Å². The van der Waals surface area contributed by atoms with Gasteiger partial charge >= 0.3 is 5.91 Å². The molecule has 2 N–H and O–H groups in total. The topological polar surface area (TPSA) is 122 Å². The summed E-state index contributed by atoms with van der Waals surface area (Å²) < 4.78 is 24.8. The Hall–Kier alpha value is -3.94. The summed E-state index contributed by atoms with van der Waals surface area (Å²) in [6.45, 7) is 2.31. The highest BCUT2D eigenvalue weighted by atomic mass is 79.9. The molecule has 3 aromatic carbocycles. The lowest BCUT2D eigenvalue weighted by atomic mass is 9.95. The number of hydrogen-bond donors (Lipinski definition) is 2. The number of nitrogens with zero attached hydrogens (tertiary/aromatic N) is 3. The SMILES string of the molecule is CCOc1ccc(/C(O)=C2/C(=O)C(=O)N(c3nnc(SCc4ccc(F)cc4)s3)C2c2cc(Br)c(O)c(OC)c2)cc1. The van der Waals surface area contributed by atoms with E-state index in [4.69, 9.17) is 9.47 Å². The normalized spacial score (nSPS) is 16.2. The Bertz CT molecular complexity index is 1680. The molecular formula is C29H23BrFN3O6S2. The van der Waals surface area contributed by atoms with Gasteiger partial charge in [0.15, 0.2) is 15.8 Å². The average Bonchev–Trinajstić information content (AvgIpc) is 3.56. The van der Waals surface area contributed by atoms with E-state index in [1.54, 1.807) is 36.4 Å². The largest absolute Gasteiger partial charge is 0.507 e. The van der Waals surface area contributed by atoms with Crippen molar-refractivity contribution in [2.24, 2.45) is 0 Å². The van der Waals surface area contributed by atoms with Crippen molar-refractivity contribution in [1.82, 2.24) is 10.2 Å². The van der Waals surface area contributed by atoms with Crippen molar-refractivity contribution in [2.75, 3.05) is 18.6 Å². The Morgan fingerprint density at radius 2 is 1.83 bits per heavy atom. The Morgan fingerprint density at radius 3 is 2.50 bits per heavy atom. The van der Waals surface area contributed by atoms with Gasteiger partial charge in [-0.1, -0.05) is 35.2 Å². The molecule has 1 fully saturated rings. The second-order valence-corrected chi connectivity index (χ2v) is 12.0. The van der Waals surface area contributed by atoms with Gasteiger partial charge in [-0.15, -0.1) is 10.2 Å². The van der Waals surface area contributed by atoms with E-state index in [9.17, 15) is 24.2 Å². The third-order valence-corrected chi connectivity index (χ3v) is 9.08. The van der Waals surface area contributed by atoms with Gasteiger partial charge in [-0.05, 0) is 82.5 Å². The van der Waals surface area contributed by atoms with Crippen LogP contribution in [0.3, 0.4) is 0 Å². The summed E-state index contributed by atoms with van der Waals surface area (Å²) in [4.78, 5) is 28.2. The van der Waals surface area contributed by atoms with Crippen molar-refractivity contribution in [1.29, 1.82) is 0 Å². The number of aromatic nitrogens is 2. The lowest BCUT2D eigenvalue weighted by molar-refractivity contribution is -0.132. The van der Waals surface area contributed by atoms with Crippen molar-refractivity contribution in [2.45, 2.75) is 23.1 Å². The number of hydrogen-bond acceptors (Lipinski definition) is 10. The summed E-state index contributed by atoms with van der Waals surface area (Å²) >= 11 is 5.75. The van der Waals surface area contributed by atoms with Crippen molar-refractivity contribution in [3.05, 3.63) is 93.2 Å². The van der Waals surface area contributed by atoms with Gasteiger partial charge in [0.2, 0.25) is 5.13 Å². The van der Waals surface area contributed by atoms with Crippen LogP contribution < -0.4 is 14.4 Å². The fraction of sp³-hybridized carbons (Fsp3) is 0.172. The van der Waals surface area contributed by atoms with Crippen LogP contribution in [0.2, 0.25) is 0 Å². The molecule has 2 heterocycles. The van der Waals surface area contributed by atoms with Crippen molar-refractivity contribution >= 4 is 61.6 Å². The lowest BCUT2D eigenvalue weighted by Crippen LogP contribution is -2.29. The molecule has 0 aliphatic carbocycles. The summed E-state index contributed by atoms with van der Waals surface area (Å²) in [5, 5.41) is 30.3. The molecule has 0 saturated carbocycles. The lowest BCUT2D eigenvalue weighted by Gasteiger charge is -2.23. The van der Waals surface area contributed by atoms with Gasteiger partial charge in [0.05, 0.1) is 29.8 Å². The number of benzene rings is 3. The second-order valence-electron chi connectivity index (χ2n) is 8.95. The summed E-state index contributed by atoms with van der Waals surface area (Å²) in [6.07, 6.45) is 0. The molecule has 0 spiro atoms. The average molecular weight is 673 g/mol.